The lowest BCUT2D eigenvalue weighted by Gasteiger charge is -2.18. The first-order chi connectivity index (χ1) is 8.90. The van der Waals surface area contributed by atoms with Gasteiger partial charge in [0.1, 0.15) is 0 Å². The topological polar surface area (TPSA) is 103 Å². The molecular weight excluding hydrogens is 250 g/mol. The third-order valence-electron chi connectivity index (χ3n) is 2.42. The van der Waals surface area contributed by atoms with Crippen LogP contribution in [0.25, 0.3) is 0 Å². The number of nitrogens with zero attached hydrogens (tertiary/aromatic N) is 2. The number of aliphatic hydroxyl groups is 1. The van der Waals surface area contributed by atoms with Crippen molar-refractivity contribution in [1.82, 2.24) is 15.2 Å². The van der Waals surface area contributed by atoms with Crippen LogP contribution in [0.3, 0.4) is 0 Å². The Kier molecular flexibility index (Phi) is 5.25. The fraction of sp³-hybridized carbons (Fsp3) is 0.417. The number of urea groups is 1. The highest BCUT2D eigenvalue weighted by Crippen LogP contribution is 2.01. The number of aliphatic hydroxyl groups excluding tert-OH is 1. The number of pyridine rings is 1. The van der Waals surface area contributed by atoms with Gasteiger partial charge in [0, 0.05) is 12.7 Å². The molecule has 0 bridgehead atoms. The van der Waals surface area contributed by atoms with Crippen molar-refractivity contribution in [3.05, 3.63) is 29.6 Å². The Morgan fingerprint density at radius 2 is 2.16 bits per heavy atom. The molecule has 7 nitrogen and oxygen atoms in total. The van der Waals surface area contributed by atoms with Crippen molar-refractivity contribution < 1.29 is 19.8 Å². The minimum absolute atomic E-state index is 0.302. The van der Waals surface area contributed by atoms with Gasteiger partial charge in [-0.3, -0.25) is 4.98 Å². The van der Waals surface area contributed by atoms with Gasteiger partial charge < -0.3 is 20.4 Å². The molecule has 0 fully saturated rings. The zero-order chi connectivity index (χ0) is 14.4. The van der Waals surface area contributed by atoms with Crippen LogP contribution < -0.4 is 5.32 Å². The molecule has 0 radical (unpaired) electrons. The largest absolute Gasteiger partial charge is 0.479 e. The van der Waals surface area contributed by atoms with Crippen molar-refractivity contribution in [1.29, 1.82) is 0 Å². The molecule has 0 unspecified atom stereocenters. The number of carbonyl (C=O) groups excluding carboxylic acids is 1. The summed E-state index contributed by atoms with van der Waals surface area (Å²) in [4.78, 5) is 27.6. The highest BCUT2D eigenvalue weighted by molar-refractivity contribution is 5.76. The fourth-order valence-corrected chi connectivity index (χ4v) is 1.41. The summed E-state index contributed by atoms with van der Waals surface area (Å²) in [7, 11) is 1.56. The average molecular weight is 267 g/mol. The van der Waals surface area contributed by atoms with Gasteiger partial charge >= 0.3 is 12.0 Å². The second kappa shape index (κ2) is 6.69. The monoisotopic (exact) mass is 267 g/mol. The third kappa shape index (κ3) is 4.92. The Balaban J connectivity index is 2.47. The van der Waals surface area contributed by atoms with Crippen LogP contribution >= 0.6 is 0 Å². The van der Waals surface area contributed by atoms with Crippen LogP contribution in [-0.2, 0) is 11.3 Å². The standard InChI is InChI=1S/C12H17N3O4/c1-8-4-3-5-9(14-8)7-15(2)12(19)13-6-10(16)11(17)18/h3-5,10,16H,6-7H2,1-2H3,(H,13,19)(H,17,18)/t10-/m0/s1. The fourth-order valence-electron chi connectivity index (χ4n) is 1.41. The van der Waals surface area contributed by atoms with Crippen LogP contribution in [-0.4, -0.2) is 51.8 Å². The quantitative estimate of drug-likeness (QED) is 0.695. The van der Waals surface area contributed by atoms with Gasteiger partial charge in [0.15, 0.2) is 6.10 Å². The van der Waals surface area contributed by atoms with Gasteiger partial charge in [-0.05, 0) is 19.1 Å². The number of aryl methyl sites for hydroxylation is 1. The van der Waals surface area contributed by atoms with Crippen LogP contribution in [0.1, 0.15) is 11.4 Å². The van der Waals surface area contributed by atoms with E-state index in [1.165, 1.54) is 4.90 Å². The molecule has 1 atom stereocenters. The number of carboxylic acid groups (broad SMARTS) is 1. The SMILES string of the molecule is Cc1cccc(CN(C)C(=O)NC[C@H](O)C(=O)O)n1. The highest BCUT2D eigenvalue weighted by atomic mass is 16.4. The average Bonchev–Trinajstić information content (AvgIpc) is 2.35. The highest BCUT2D eigenvalue weighted by Gasteiger charge is 2.16. The third-order valence-corrected chi connectivity index (χ3v) is 2.42. The molecule has 1 aromatic rings. The predicted octanol–water partition coefficient (Wildman–Crippen LogP) is -0.0231. The predicted molar refractivity (Wildman–Crippen MR) is 67.5 cm³/mol. The van der Waals surface area contributed by atoms with E-state index < -0.39 is 18.1 Å². The molecule has 0 aromatic carbocycles. The van der Waals surface area contributed by atoms with Gasteiger partial charge in [0.25, 0.3) is 0 Å². The number of aliphatic carboxylic acids is 1. The summed E-state index contributed by atoms with van der Waals surface area (Å²) < 4.78 is 0. The number of rotatable bonds is 5. The van der Waals surface area contributed by atoms with E-state index in [0.717, 1.165) is 11.4 Å². The molecule has 1 rings (SSSR count). The Labute approximate surface area is 110 Å². The molecule has 0 spiro atoms. The van der Waals surface area contributed by atoms with Gasteiger partial charge in [-0.1, -0.05) is 6.07 Å². The van der Waals surface area contributed by atoms with Crippen molar-refractivity contribution in [2.75, 3.05) is 13.6 Å². The van der Waals surface area contributed by atoms with Gasteiger partial charge in [-0.15, -0.1) is 0 Å². The maximum absolute atomic E-state index is 11.6. The van der Waals surface area contributed by atoms with Crippen LogP contribution in [0.2, 0.25) is 0 Å². The molecule has 0 aliphatic carbocycles. The number of aromatic nitrogens is 1. The second-order valence-electron chi connectivity index (χ2n) is 4.17. The van der Waals surface area contributed by atoms with E-state index in [1.807, 2.05) is 19.1 Å². The van der Waals surface area contributed by atoms with Gasteiger partial charge in [0.2, 0.25) is 0 Å². The molecule has 0 saturated heterocycles. The Morgan fingerprint density at radius 1 is 1.47 bits per heavy atom. The summed E-state index contributed by atoms with van der Waals surface area (Å²) in [6.07, 6.45) is -1.60. The molecule has 3 N–H and O–H groups in total. The zero-order valence-corrected chi connectivity index (χ0v) is 10.8. The Morgan fingerprint density at radius 3 is 2.74 bits per heavy atom. The normalized spacial score (nSPS) is 11.7. The molecule has 104 valence electrons. The molecule has 7 heteroatoms. The number of hydrogen-bond donors (Lipinski definition) is 3. The van der Waals surface area contributed by atoms with Crippen molar-refractivity contribution in [3.8, 4) is 0 Å². The molecule has 0 aliphatic heterocycles. The van der Waals surface area contributed by atoms with Crippen LogP contribution in [0, 0.1) is 6.92 Å². The Bertz CT molecular complexity index is 464. The number of carbonyl (C=O) groups is 2. The van der Waals surface area contributed by atoms with Crippen molar-refractivity contribution in [2.24, 2.45) is 0 Å². The zero-order valence-electron chi connectivity index (χ0n) is 10.8. The van der Waals surface area contributed by atoms with E-state index in [-0.39, 0.29) is 6.54 Å². The summed E-state index contributed by atoms with van der Waals surface area (Å²) in [5.74, 6) is -1.37. The maximum Gasteiger partial charge on any atom is 0.334 e. The van der Waals surface area contributed by atoms with E-state index in [4.69, 9.17) is 10.2 Å². The summed E-state index contributed by atoms with van der Waals surface area (Å²) in [6, 6.07) is 5.02. The number of nitrogens with one attached hydrogen (secondary N) is 1. The van der Waals surface area contributed by atoms with Crippen LogP contribution in [0.4, 0.5) is 4.79 Å². The second-order valence-corrected chi connectivity index (χ2v) is 4.17. The van der Waals surface area contributed by atoms with Crippen molar-refractivity contribution in [3.63, 3.8) is 0 Å². The lowest BCUT2D eigenvalue weighted by Crippen LogP contribution is -2.42. The summed E-state index contributed by atoms with van der Waals surface area (Å²) >= 11 is 0. The molecule has 0 aliphatic rings. The van der Waals surface area contributed by atoms with Gasteiger partial charge in [-0.25, -0.2) is 9.59 Å². The lowest BCUT2D eigenvalue weighted by molar-refractivity contribution is -0.146. The molecule has 1 aromatic heterocycles. The minimum Gasteiger partial charge on any atom is -0.479 e. The van der Waals surface area contributed by atoms with E-state index in [0.29, 0.717) is 6.54 Å². The van der Waals surface area contributed by atoms with E-state index in [1.54, 1.807) is 13.1 Å². The maximum atomic E-state index is 11.6. The smallest absolute Gasteiger partial charge is 0.334 e. The van der Waals surface area contributed by atoms with Gasteiger partial charge in [0.05, 0.1) is 18.8 Å². The van der Waals surface area contributed by atoms with Gasteiger partial charge in [-0.2, -0.15) is 0 Å². The summed E-state index contributed by atoms with van der Waals surface area (Å²) in [5, 5.41) is 19.8. The Hall–Kier alpha value is -2.15. The van der Waals surface area contributed by atoms with Crippen molar-refractivity contribution >= 4 is 12.0 Å². The molecule has 2 amide bonds. The first-order valence-electron chi connectivity index (χ1n) is 5.72. The molecule has 1 heterocycles. The first-order valence-corrected chi connectivity index (χ1v) is 5.72. The first kappa shape index (κ1) is 14.9. The van der Waals surface area contributed by atoms with E-state index in [2.05, 4.69) is 10.3 Å². The molecular formula is C12H17N3O4. The molecule has 19 heavy (non-hydrogen) atoms. The number of carboxylic acids is 1. The lowest BCUT2D eigenvalue weighted by atomic mass is 10.3. The van der Waals surface area contributed by atoms with Crippen LogP contribution in [0.5, 0.6) is 0 Å². The minimum atomic E-state index is -1.60. The molecule has 0 saturated carbocycles. The van der Waals surface area contributed by atoms with E-state index >= 15 is 0 Å². The number of hydrogen-bond acceptors (Lipinski definition) is 4. The van der Waals surface area contributed by atoms with E-state index in [9.17, 15) is 9.59 Å². The van der Waals surface area contributed by atoms with Crippen molar-refractivity contribution in [2.45, 2.75) is 19.6 Å². The number of amides is 2. The van der Waals surface area contributed by atoms with Crippen LogP contribution in [0.15, 0.2) is 18.2 Å². The summed E-state index contributed by atoms with van der Waals surface area (Å²) in [6.45, 7) is 1.82. The summed E-state index contributed by atoms with van der Waals surface area (Å²) in [5.41, 5.74) is 1.59.